The van der Waals surface area contributed by atoms with Crippen LogP contribution in [-0.2, 0) is 13.6 Å². The summed E-state index contributed by atoms with van der Waals surface area (Å²) in [5.41, 5.74) is 2.67. The molecule has 0 saturated heterocycles. The molecule has 7 nitrogen and oxygen atoms in total. The molecule has 0 saturated carbocycles. The van der Waals surface area contributed by atoms with Gasteiger partial charge in [0.25, 0.3) is 0 Å². The van der Waals surface area contributed by atoms with Crippen LogP contribution in [0, 0.1) is 0 Å². The summed E-state index contributed by atoms with van der Waals surface area (Å²) in [5, 5.41) is 8.26. The molecule has 0 radical (unpaired) electrons. The van der Waals surface area contributed by atoms with Gasteiger partial charge in [0.15, 0.2) is 5.76 Å². The third-order valence-electron chi connectivity index (χ3n) is 3.73. The first kappa shape index (κ1) is 15.9. The highest BCUT2D eigenvalue weighted by molar-refractivity contribution is 5.58. The van der Waals surface area contributed by atoms with Crippen LogP contribution in [0.1, 0.15) is 5.76 Å². The molecule has 0 aliphatic carbocycles. The summed E-state index contributed by atoms with van der Waals surface area (Å²) in [5.74, 6) is 2.24. The minimum atomic E-state index is 0.573. The van der Waals surface area contributed by atoms with Gasteiger partial charge in [0.05, 0.1) is 27.0 Å². The Morgan fingerprint density at radius 1 is 1.12 bits per heavy atom. The van der Waals surface area contributed by atoms with Crippen molar-refractivity contribution < 1.29 is 14.0 Å². The van der Waals surface area contributed by atoms with E-state index in [9.17, 15) is 0 Å². The summed E-state index contributed by atoms with van der Waals surface area (Å²) in [7, 11) is 7.11. The first-order chi connectivity index (χ1) is 11.6. The Balaban J connectivity index is 1.77. The largest absolute Gasteiger partial charge is 0.497 e. The second kappa shape index (κ2) is 6.66. The number of aryl methyl sites for hydroxylation is 1. The van der Waals surface area contributed by atoms with Gasteiger partial charge in [-0.3, -0.25) is 4.68 Å². The summed E-state index contributed by atoms with van der Waals surface area (Å²) in [6, 6.07) is 7.65. The van der Waals surface area contributed by atoms with Gasteiger partial charge in [-0.05, 0) is 0 Å². The lowest BCUT2D eigenvalue weighted by molar-refractivity contribution is 0.384. The fraction of sp³-hybridized carbons (Fsp3) is 0.294. The van der Waals surface area contributed by atoms with Gasteiger partial charge in [-0.15, -0.1) is 0 Å². The van der Waals surface area contributed by atoms with Crippen LogP contribution in [0.25, 0.3) is 11.3 Å². The third-order valence-corrected chi connectivity index (χ3v) is 3.73. The highest BCUT2D eigenvalue weighted by atomic mass is 16.5. The van der Waals surface area contributed by atoms with Crippen molar-refractivity contribution in [2.24, 2.45) is 7.05 Å². The minimum absolute atomic E-state index is 0.573. The fourth-order valence-electron chi connectivity index (χ4n) is 2.41. The van der Waals surface area contributed by atoms with Crippen LogP contribution >= 0.6 is 0 Å². The lowest BCUT2D eigenvalue weighted by atomic mass is 10.2. The third kappa shape index (κ3) is 3.34. The van der Waals surface area contributed by atoms with Crippen molar-refractivity contribution in [3.8, 4) is 22.8 Å². The van der Waals surface area contributed by atoms with E-state index < -0.39 is 0 Å². The zero-order valence-corrected chi connectivity index (χ0v) is 14.2. The van der Waals surface area contributed by atoms with Crippen LogP contribution in [0.15, 0.2) is 41.2 Å². The Hall–Kier alpha value is -2.96. The van der Waals surface area contributed by atoms with Gasteiger partial charge >= 0.3 is 0 Å². The molecular formula is C17H20N4O3. The Kier molecular flexibility index (Phi) is 4.41. The predicted molar refractivity (Wildman–Crippen MR) is 90.4 cm³/mol. The lowest BCUT2D eigenvalue weighted by Gasteiger charge is -2.19. The van der Waals surface area contributed by atoms with E-state index in [2.05, 4.69) is 10.3 Å². The van der Waals surface area contributed by atoms with E-state index in [0.717, 1.165) is 34.2 Å². The van der Waals surface area contributed by atoms with Crippen LogP contribution in [-0.4, -0.2) is 36.2 Å². The molecule has 0 N–H and O–H groups in total. The van der Waals surface area contributed by atoms with Gasteiger partial charge in [0.2, 0.25) is 0 Å². The van der Waals surface area contributed by atoms with Crippen molar-refractivity contribution in [1.82, 2.24) is 14.9 Å². The maximum atomic E-state index is 5.44. The second-order valence-electron chi connectivity index (χ2n) is 5.51. The molecule has 0 fully saturated rings. The van der Waals surface area contributed by atoms with Gasteiger partial charge in [-0.25, -0.2) is 0 Å². The summed E-state index contributed by atoms with van der Waals surface area (Å²) < 4.78 is 17.8. The molecule has 0 aliphatic heterocycles. The number of rotatable bonds is 6. The summed E-state index contributed by atoms with van der Waals surface area (Å²) in [6.45, 7) is 0.573. The Morgan fingerprint density at radius 2 is 1.83 bits per heavy atom. The quantitative estimate of drug-likeness (QED) is 0.693. The first-order valence-corrected chi connectivity index (χ1v) is 7.48. The Morgan fingerprint density at radius 3 is 2.42 bits per heavy atom. The van der Waals surface area contributed by atoms with E-state index in [4.69, 9.17) is 14.0 Å². The summed E-state index contributed by atoms with van der Waals surface area (Å²) in [6.07, 6.45) is 3.66. The number of hydrogen-bond acceptors (Lipinski definition) is 6. The molecule has 0 bridgehead atoms. The fourth-order valence-corrected chi connectivity index (χ4v) is 2.41. The number of benzene rings is 1. The zero-order valence-electron chi connectivity index (χ0n) is 14.2. The molecular weight excluding hydrogens is 308 g/mol. The summed E-state index contributed by atoms with van der Waals surface area (Å²) >= 11 is 0. The lowest BCUT2D eigenvalue weighted by Crippen LogP contribution is -2.16. The number of methoxy groups -OCH3 is 2. The van der Waals surface area contributed by atoms with Crippen LogP contribution in [0.3, 0.4) is 0 Å². The summed E-state index contributed by atoms with van der Waals surface area (Å²) in [4.78, 5) is 2.04. The maximum Gasteiger partial charge on any atom is 0.156 e. The monoisotopic (exact) mass is 328 g/mol. The number of aromatic nitrogens is 3. The van der Waals surface area contributed by atoms with Crippen LogP contribution in [0.4, 0.5) is 5.69 Å². The molecule has 126 valence electrons. The van der Waals surface area contributed by atoms with Gasteiger partial charge in [-0.2, -0.15) is 5.10 Å². The van der Waals surface area contributed by atoms with Crippen LogP contribution in [0.2, 0.25) is 0 Å². The van der Waals surface area contributed by atoms with Gasteiger partial charge in [0, 0.05) is 55.8 Å². The average molecular weight is 328 g/mol. The van der Waals surface area contributed by atoms with E-state index in [1.54, 1.807) is 25.1 Å². The molecule has 0 amide bonds. The molecule has 2 heterocycles. The van der Waals surface area contributed by atoms with E-state index >= 15 is 0 Å². The highest BCUT2D eigenvalue weighted by Crippen LogP contribution is 2.29. The molecule has 0 atom stereocenters. The van der Waals surface area contributed by atoms with E-state index in [-0.39, 0.29) is 0 Å². The minimum Gasteiger partial charge on any atom is -0.497 e. The van der Waals surface area contributed by atoms with Crippen LogP contribution in [0.5, 0.6) is 11.5 Å². The average Bonchev–Trinajstić information content (AvgIpc) is 3.23. The van der Waals surface area contributed by atoms with Crippen molar-refractivity contribution in [3.63, 3.8) is 0 Å². The predicted octanol–water partition coefficient (Wildman–Crippen LogP) is 2.73. The van der Waals surface area contributed by atoms with Gasteiger partial charge in [0.1, 0.15) is 17.2 Å². The number of hydrogen-bond donors (Lipinski definition) is 0. The normalized spacial score (nSPS) is 10.7. The van der Waals surface area contributed by atoms with Gasteiger partial charge < -0.3 is 18.9 Å². The Labute approximate surface area is 140 Å². The molecule has 2 aromatic heterocycles. The maximum absolute atomic E-state index is 5.44. The molecule has 1 aromatic carbocycles. The van der Waals surface area contributed by atoms with Crippen molar-refractivity contribution in [2.75, 3.05) is 26.2 Å². The first-order valence-electron chi connectivity index (χ1n) is 7.48. The van der Waals surface area contributed by atoms with Crippen molar-refractivity contribution in [3.05, 3.63) is 42.4 Å². The number of ether oxygens (including phenoxy) is 2. The molecule has 0 spiro atoms. The molecule has 0 aliphatic rings. The van der Waals surface area contributed by atoms with Crippen molar-refractivity contribution in [2.45, 2.75) is 6.54 Å². The SMILES string of the molecule is COc1cc(OC)cc(N(C)Cc2cc(-c3cnn(C)c3)no2)c1. The van der Waals surface area contributed by atoms with Crippen LogP contribution < -0.4 is 14.4 Å². The smallest absolute Gasteiger partial charge is 0.156 e. The van der Waals surface area contributed by atoms with E-state index in [0.29, 0.717) is 6.54 Å². The van der Waals surface area contributed by atoms with Crippen molar-refractivity contribution in [1.29, 1.82) is 0 Å². The molecule has 0 unspecified atom stereocenters. The standard InChI is InChI=1S/C17H20N4O3/c1-20(13-5-14(22-3)7-15(6-13)23-4)11-16-8-17(19-24-16)12-9-18-21(2)10-12/h5-10H,11H2,1-4H3. The van der Waals surface area contributed by atoms with Gasteiger partial charge in [-0.1, -0.05) is 5.16 Å². The molecule has 3 aromatic rings. The van der Waals surface area contributed by atoms with E-state index in [1.807, 2.05) is 49.5 Å². The number of nitrogens with zero attached hydrogens (tertiary/aromatic N) is 4. The zero-order chi connectivity index (χ0) is 17.1. The topological polar surface area (TPSA) is 65.6 Å². The molecule has 24 heavy (non-hydrogen) atoms. The van der Waals surface area contributed by atoms with E-state index in [1.165, 1.54) is 0 Å². The van der Waals surface area contributed by atoms with Crippen molar-refractivity contribution >= 4 is 5.69 Å². The second-order valence-corrected chi connectivity index (χ2v) is 5.51. The highest BCUT2D eigenvalue weighted by Gasteiger charge is 2.12. The Bertz CT molecular complexity index is 803. The molecule has 7 heteroatoms. The number of anilines is 1. The molecule has 3 rings (SSSR count).